The van der Waals surface area contributed by atoms with E-state index >= 15 is 0 Å². The lowest BCUT2D eigenvalue weighted by Crippen LogP contribution is -2.48. The van der Waals surface area contributed by atoms with Crippen molar-refractivity contribution in [1.82, 2.24) is 20.1 Å². The van der Waals surface area contributed by atoms with Crippen LogP contribution in [0.1, 0.15) is 17.2 Å². The average molecular weight is 406 g/mol. The Bertz CT molecular complexity index is 890. The van der Waals surface area contributed by atoms with Crippen LogP contribution in [0.4, 0.5) is 10.1 Å². The van der Waals surface area contributed by atoms with Gasteiger partial charge in [0.15, 0.2) is 0 Å². The second-order valence-corrected chi connectivity index (χ2v) is 7.24. The summed E-state index contributed by atoms with van der Waals surface area (Å²) in [7, 11) is 0. The van der Waals surface area contributed by atoms with Crippen LogP contribution in [0.3, 0.4) is 0 Å². The van der Waals surface area contributed by atoms with Crippen LogP contribution in [0.15, 0.2) is 49.1 Å². The van der Waals surface area contributed by atoms with E-state index in [-0.39, 0.29) is 11.9 Å². The smallest absolute Gasteiger partial charge is 0.128 e. The van der Waals surface area contributed by atoms with Gasteiger partial charge in [-0.1, -0.05) is 41.4 Å². The Morgan fingerprint density at radius 3 is 2.33 bits per heavy atom. The first-order chi connectivity index (χ1) is 13.1. The number of piperazine rings is 1. The minimum Gasteiger partial charge on any atom is -0.366 e. The second-order valence-electron chi connectivity index (χ2n) is 6.43. The fourth-order valence-corrected chi connectivity index (χ4v) is 4.21. The third kappa shape index (κ3) is 3.65. The molecule has 5 nitrogen and oxygen atoms in total. The predicted molar refractivity (Wildman–Crippen MR) is 105 cm³/mol. The second kappa shape index (κ2) is 7.84. The summed E-state index contributed by atoms with van der Waals surface area (Å²) in [5.41, 5.74) is 2.39. The summed E-state index contributed by atoms with van der Waals surface area (Å²) in [6.45, 7) is 2.93. The molecule has 140 valence electrons. The van der Waals surface area contributed by atoms with E-state index in [2.05, 4.69) is 25.0 Å². The van der Waals surface area contributed by atoms with Crippen LogP contribution in [0.25, 0.3) is 0 Å². The highest BCUT2D eigenvalue weighted by Gasteiger charge is 2.30. The Morgan fingerprint density at radius 2 is 1.70 bits per heavy atom. The summed E-state index contributed by atoms with van der Waals surface area (Å²) in [5.74, 6) is -0.216. The van der Waals surface area contributed by atoms with Crippen molar-refractivity contribution >= 4 is 28.9 Å². The van der Waals surface area contributed by atoms with Gasteiger partial charge in [0.05, 0.1) is 28.0 Å². The van der Waals surface area contributed by atoms with Gasteiger partial charge in [0.1, 0.15) is 5.82 Å². The van der Waals surface area contributed by atoms with Gasteiger partial charge >= 0.3 is 0 Å². The number of anilines is 1. The molecule has 0 spiro atoms. The number of nitrogens with zero attached hydrogens (tertiary/aromatic N) is 4. The number of pyridine rings is 1. The summed E-state index contributed by atoms with van der Waals surface area (Å²) < 4.78 is 14.5. The molecule has 4 rings (SSSR count). The van der Waals surface area contributed by atoms with Crippen LogP contribution in [-0.4, -0.2) is 46.3 Å². The quantitative estimate of drug-likeness (QED) is 0.707. The molecule has 1 aliphatic rings. The topological polar surface area (TPSA) is 48.1 Å². The minimum absolute atomic E-state index is 0.199. The van der Waals surface area contributed by atoms with E-state index in [1.807, 2.05) is 18.3 Å². The van der Waals surface area contributed by atoms with Crippen LogP contribution in [0, 0.1) is 5.82 Å². The van der Waals surface area contributed by atoms with Gasteiger partial charge in [-0.3, -0.25) is 15.0 Å². The van der Waals surface area contributed by atoms with Gasteiger partial charge in [0.25, 0.3) is 0 Å². The van der Waals surface area contributed by atoms with E-state index in [4.69, 9.17) is 23.2 Å². The normalized spacial score (nSPS) is 16.5. The Kier molecular flexibility index (Phi) is 5.29. The SMILES string of the molecule is Fc1ccccc1C(c1cn[nH]c1)N1CCN(c2c(Cl)cncc2Cl)CC1. The third-order valence-corrected chi connectivity index (χ3v) is 5.41. The summed E-state index contributed by atoms with van der Waals surface area (Å²) in [6.07, 6.45) is 6.77. The maximum Gasteiger partial charge on any atom is 0.128 e. The first-order valence-corrected chi connectivity index (χ1v) is 9.42. The maximum absolute atomic E-state index is 14.5. The standard InChI is InChI=1S/C19H18Cl2FN5/c20-15-11-23-12-16(21)19(15)27-7-5-26(6-8-27)18(13-9-24-25-10-13)14-3-1-2-4-17(14)22/h1-4,9-12,18H,5-8H2,(H,24,25). The molecule has 1 N–H and O–H groups in total. The lowest BCUT2D eigenvalue weighted by molar-refractivity contribution is 0.209. The van der Waals surface area contributed by atoms with Crippen molar-refractivity contribution < 1.29 is 4.39 Å². The number of halogens is 3. The van der Waals surface area contributed by atoms with E-state index in [9.17, 15) is 4.39 Å². The number of nitrogens with one attached hydrogen (secondary N) is 1. The number of benzene rings is 1. The Labute approximate surface area is 166 Å². The van der Waals surface area contributed by atoms with Crippen LogP contribution < -0.4 is 4.90 Å². The fourth-order valence-electron chi connectivity index (χ4n) is 3.60. The summed E-state index contributed by atoms with van der Waals surface area (Å²) in [4.78, 5) is 8.41. The molecular formula is C19H18Cl2FN5. The molecule has 1 fully saturated rings. The monoisotopic (exact) mass is 405 g/mol. The first-order valence-electron chi connectivity index (χ1n) is 8.66. The van der Waals surface area contributed by atoms with Gasteiger partial charge in [0.2, 0.25) is 0 Å². The van der Waals surface area contributed by atoms with E-state index in [1.54, 1.807) is 24.7 Å². The van der Waals surface area contributed by atoms with Gasteiger partial charge in [0, 0.05) is 55.9 Å². The molecule has 0 aliphatic carbocycles. The molecule has 1 aliphatic heterocycles. The summed E-state index contributed by atoms with van der Waals surface area (Å²) >= 11 is 12.6. The highest BCUT2D eigenvalue weighted by atomic mass is 35.5. The Morgan fingerprint density at radius 1 is 1.00 bits per heavy atom. The van der Waals surface area contributed by atoms with E-state index in [0.717, 1.165) is 37.4 Å². The molecule has 27 heavy (non-hydrogen) atoms. The molecule has 2 aromatic heterocycles. The molecule has 0 amide bonds. The van der Waals surface area contributed by atoms with Crippen molar-refractivity contribution in [2.75, 3.05) is 31.1 Å². The lowest BCUT2D eigenvalue weighted by Gasteiger charge is -2.40. The van der Waals surface area contributed by atoms with E-state index < -0.39 is 0 Å². The van der Waals surface area contributed by atoms with Crippen LogP contribution >= 0.6 is 23.2 Å². The number of aromatic nitrogens is 3. The molecule has 1 saturated heterocycles. The minimum atomic E-state index is -0.216. The molecule has 8 heteroatoms. The molecule has 0 saturated carbocycles. The zero-order valence-corrected chi connectivity index (χ0v) is 16.0. The largest absolute Gasteiger partial charge is 0.366 e. The highest BCUT2D eigenvalue weighted by Crippen LogP contribution is 2.35. The van der Waals surface area contributed by atoms with Gasteiger partial charge in [-0.15, -0.1) is 0 Å². The number of aromatic amines is 1. The number of rotatable bonds is 4. The third-order valence-electron chi connectivity index (χ3n) is 4.86. The number of hydrogen-bond donors (Lipinski definition) is 1. The van der Waals surface area contributed by atoms with Gasteiger partial charge in [-0.05, 0) is 6.07 Å². The fraction of sp³-hybridized carbons (Fsp3) is 0.263. The molecule has 1 unspecified atom stereocenters. The van der Waals surface area contributed by atoms with Crippen molar-refractivity contribution in [2.45, 2.75) is 6.04 Å². The molecule has 0 bridgehead atoms. The molecular weight excluding hydrogens is 388 g/mol. The highest BCUT2D eigenvalue weighted by molar-refractivity contribution is 6.38. The van der Waals surface area contributed by atoms with Gasteiger partial charge < -0.3 is 4.90 Å². The molecule has 3 heterocycles. The number of H-pyrrole nitrogens is 1. The lowest BCUT2D eigenvalue weighted by atomic mass is 9.98. The van der Waals surface area contributed by atoms with Crippen LogP contribution in [-0.2, 0) is 0 Å². The predicted octanol–water partition coefficient (Wildman–Crippen LogP) is 4.16. The van der Waals surface area contributed by atoms with Crippen molar-refractivity contribution in [1.29, 1.82) is 0 Å². The van der Waals surface area contributed by atoms with E-state index in [1.165, 1.54) is 6.07 Å². The Balaban J connectivity index is 1.59. The Hall–Kier alpha value is -2.15. The van der Waals surface area contributed by atoms with Crippen LogP contribution in [0.5, 0.6) is 0 Å². The molecule has 0 radical (unpaired) electrons. The average Bonchev–Trinajstić information content (AvgIpc) is 3.19. The van der Waals surface area contributed by atoms with Crippen molar-refractivity contribution in [3.05, 3.63) is 76.0 Å². The molecule has 3 aromatic rings. The van der Waals surface area contributed by atoms with Gasteiger partial charge in [-0.25, -0.2) is 4.39 Å². The zero-order valence-electron chi connectivity index (χ0n) is 14.4. The number of hydrogen-bond acceptors (Lipinski definition) is 4. The van der Waals surface area contributed by atoms with Crippen molar-refractivity contribution in [3.63, 3.8) is 0 Å². The van der Waals surface area contributed by atoms with Crippen molar-refractivity contribution in [2.24, 2.45) is 0 Å². The van der Waals surface area contributed by atoms with E-state index in [0.29, 0.717) is 15.6 Å². The van der Waals surface area contributed by atoms with Crippen LogP contribution in [0.2, 0.25) is 10.0 Å². The summed E-state index contributed by atoms with van der Waals surface area (Å²) in [6, 6.07) is 6.69. The molecule has 1 aromatic carbocycles. The maximum atomic E-state index is 14.5. The molecule has 1 atom stereocenters. The van der Waals surface area contributed by atoms with Crippen molar-refractivity contribution in [3.8, 4) is 0 Å². The van der Waals surface area contributed by atoms with Gasteiger partial charge in [-0.2, -0.15) is 5.10 Å². The summed E-state index contributed by atoms with van der Waals surface area (Å²) in [5, 5.41) is 7.97. The first kappa shape index (κ1) is 18.2. The zero-order chi connectivity index (χ0) is 18.8.